The van der Waals surface area contributed by atoms with Crippen molar-refractivity contribution in [2.75, 3.05) is 13.2 Å². The Morgan fingerprint density at radius 2 is 2.00 bits per heavy atom. The van der Waals surface area contributed by atoms with E-state index in [1.165, 1.54) is 5.56 Å². The first-order valence-corrected chi connectivity index (χ1v) is 7.57. The second kappa shape index (κ2) is 6.15. The highest BCUT2D eigenvalue weighted by Gasteiger charge is 2.42. The van der Waals surface area contributed by atoms with Crippen LogP contribution in [-0.2, 0) is 4.74 Å². The first-order chi connectivity index (χ1) is 9.45. The maximum Gasteiger partial charge on any atom is 0.125 e. The van der Waals surface area contributed by atoms with Gasteiger partial charge in [-0.15, -0.1) is 0 Å². The van der Waals surface area contributed by atoms with Crippen LogP contribution in [0.2, 0.25) is 0 Å². The van der Waals surface area contributed by atoms with Crippen molar-refractivity contribution in [1.29, 1.82) is 0 Å². The third kappa shape index (κ3) is 3.15. The Kier molecular flexibility index (Phi) is 4.71. The average Bonchev–Trinajstić information content (AvgIpc) is 2.64. The van der Waals surface area contributed by atoms with Crippen LogP contribution in [0.3, 0.4) is 0 Å². The summed E-state index contributed by atoms with van der Waals surface area (Å²) in [5.74, 6) is 1.51. The average molecular weight is 277 g/mol. The van der Waals surface area contributed by atoms with Gasteiger partial charge in [0.05, 0.1) is 12.6 Å². The number of fused-ring (bicyclic) bond motifs is 1. The van der Waals surface area contributed by atoms with Crippen LogP contribution in [-0.4, -0.2) is 24.9 Å². The second-order valence-corrected chi connectivity index (χ2v) is 6.35. The molecule has 112 valence electrons. The van der Waals surface area contributed by atoms with Gasteiger partial charge in [-0.1, -0.05) is 32.0 Å². The van der Waals surface area contributed by atoms with E-state index < -0.39 is 0 Å². The summed E-state index contributed by atoms with van der Waals surface area (Å²) in [7, 11) is 0. The van der Waals surface area contributed by atoms with E-state index in [1.54, 1.807) is 0 Å². The number of hydrogen-bond acceptors (Lipinski definition) is 3. The molecule has 0 saturated carbocycles. The molecular formula is C17H27NO2. The van der Waals surface area contributed by atoms with E-state index in [2.05, 4.69) is 45.1 Å². The lowest BCUT2D eigenvalue weighted by Crippen LogP contribution is -2.47. The summed E-state index contributed by atoms with van der Waals surface area (Å²) in [6, 6.07) is 8.83. The largest absolute Gasteiger partial charge is 0.486 e. The van der Waals surface area contributed by atoms with Gasteiger partial charge in [0.2, 0.25) is 0 Å². The quantitative estimate of drug-likeness (QED) is 0.862. The number of hydrogen-bond donors (Lipinski definition) is 1. The standard InChI is InChI=1S/C17H27NO2/c1-6-19-11-14(12(2)3)18-16-13-9-7-8-10-15(13)20-17(16,4)5/h7-10,12,14,16,18H,6,11H2,1-5H3. The van der Waals surface area contributed by atoms with Crippen molar-refractivity contribution in [1.82, 2.24) is 5.32 Å². The first-order valence-electron chi connectivity index (χ1n) is 7.57. The molecule has 0 radical (unpaired) electrons. The predicted molar refractivity (Wildman–Crippen MR) is 82.1 cm³/mol. The minimum atomic E-state index is -0.233. The van der Waals surface area contributed by atoms with Crippen LogP contribution in [0.25, 0.3) is 0 Å². The molecule has 1 N–H and O–H groups in total. The third-order valence-corrected chi connectivity index (χ3v) is 3.99. The molecule has 2 atom stereocenters. The molecule has 0 aliphatic carbocycles. The van der Waals surface area contributed by atoms with Crippen molar-refractivity contribution < 1.29 is 9.47 Å². The second-order valence-electron chi connectivity index (χ2n) is 6.35. The van der Waals surface area contributed by atoms with Crippen molar-refractivity contribution in [3.05, 3.63) is 29.8 Å². The van der Waals surface area contributed by atoms with E-state index in [9.17, 15) is 0 Å². The molecule has 1 aromatic carbocycles. The van der Waals surface area contributed by atoms with Crippen molar-refractivity contribution in [3.63, 3.8) is 0 Å². The van der Waals surface area contributed by atoms with Gasteiger partial charge in [-0.2, -0.15) is 0 Å². The van der Waals surface area contributed by atoms with Crippen LogP contribution in [0.5, 0.6) is 5.75 Å². The van der Waals surface area contributed by atoms with Crippen LogP contribution in [0, 0.1) is 5.92 Å². The zero-order valence-corrected chi connectivity index (χ0v) is 13.3. The molecule has 1 heterocycles. The molecule has 0 amide bonds. The molecule has 1 aromatic rings. The summed E-state index contributed by atoms with van der Waals surface area (Å²) in [6.07, 6.45) is 0. The Labute approximate surface area is 122 Å². The Hall–Kier alpha value is -1.06. The lowest BCUT2D eigenvalue weighted by molar-refractivity contribution is 0.0623. The van der Waals surface area contributed by atoms with E-state index in [0.29, 0.717) is 12.0 Å². The highest BCUT2D eigenvalue weighted by atomic mass is 16.5. The predicted octanol–water partition coefficient (Wildman–Crippen LogP) is 3.55. The van der Waals surface area contributed by atoms with Crippen molar-refractivity contribution >= 4 is 0 Å². The molecule has 2 unspecified atom stereocenters. The zero-order chi connectivity index (χ0) is 14.8. The summed E-state index contributed by atoms with van der Waals surface area (Å²) >= 11 is 0. The summed E-state index contributed by atoms with van der Waals surface area (Å²) in [5, 5.41) is 3.75. The van der Waals surface area contributed by atoms with Crippen molar-refractivity contribution in [2.45, 2.75) is 52.3 Å². The molecule has 0 bridgehead atoms. The van der Waals surface area contributed by atoms with Gasteiger partial charge in [0.15, 0.2) is 0 Å². The lowest BCUT2D eigenvalue weighted by atomic mass is 9.92. The zero-order valence-electron chi connectivity index (χ0n) is 13.3. The molecule has 0 saturated heterocycles. The number of ether oxygens (including phenoxy) is 2. The maximum absolute atomic E-state index is 6.09. The number of nitrogens with one attached hydrogen (secondary N) is 1. The van der Waals surface area contributed by atoms with Crippen LogP contribution in [0.4, 0.5) is 0 Å². The number of para-hydroxylation sites is 1. The SMILES string of the molecule is CCOCC(NC1c2ccccc2OC1(C)C)C(C)C. The minimum Gasteiger partial charge on any atom is -0.486 e. The monoisotopic (exact) mass is 277 g/mol. The molecule has 20 heavy (non-hydrogen) atoms. The third-order valence-electron chi connectivity index (χ3n) is 3.99. The molecule has 1 aliphatic rings. The summed E-state index contributed by atoms with van der Waals surface area (Å²) < 4.78 is 11.7. The highest BCUT2D eigenvalue weighted by molar-refractivity contribution is 5.42. The molecule has 0 fully saturated rings. The van der Waals surface area contributed by atoms with Gasteiger partial charge in [0.1, 0.15) is 11.4 Å². The molecule has 3 heteroatoms. The van der Waals surface area contributed by atoms with Gasteiger partial charge in [0, 0.05) is 18.2 Å². The normalized spacial score (nSPS) is 21.6. The molecule has 0 spiro atoms. The molecule has 0 aromatic heterocycles. The van der Waals surface area contributed by atoms with E-state index in [1.807, 2.05) is 19.1 Å². The van der Waals surface area contributed by atoms with Crippen LogP contribution in [0.15, 0.2) is 24.3 Å². The first kappa shape index (κ1) is 15.3. The molecule has 3 nitrogen and oxygen atoms in total. The fourth-order valence-corrected chi connectivity index (χ4v) is 2.71. The molecular weight excluding hydrogens is 250 g/mol. The van der Waals surface area contributed by atoms with Gasteiger partial charge >= 0.3 is 0 Å². The summed E-state index contributed by atoms with van der Waals surface area (Å²) in [5.41, 5.74) is 1.02. The fourth-order valence-electron chi connectivity index (χ4n) is 2.71. The Balaban J connectivity index is 2.17. The Morgan fingerprint density at radius 3 is 2.65 bits per heavy atom. The van der Waals surface area contributed by atoms with E-state index in [0.717, 1.165) is 19.0 Å². The Morgan fingerprint density at radius 1 is 1.30 bits per heavy atom. The van der Waals surface area contributed by atoms with Gasteiger partial charge < -0.3 is 14.8 Å². The molecule has 2 rings (SSSR count). The Bertz CT molecular complexity index is 442. The van der Waals surface area contributed by atoms with E-state index in [-0.39, 0.29) is 11.6 Å². The fraction of sp³-hybridized carbons (Fsp3) is 0.647. The van der Waals surface area contributed by atoms with Crippen molar-refractivity contribution in [2.24, 2.45) is 5.92 Å². The van der Waals surface area contributed by atoms with Gasteiger partial charge in [-0.25, -0.2) is 0 Å². The maximum atomic E-state index is 6.09. The van der Waals surface area contributed by atoms with Crippen molar-refractivity contribution in [3.8, 4) is 5.75 Å². The number of benzene rings is 1. The van der Waals surface area contributed by atoms with Gasteiger partial charge in [-0.05, 0) is 32.8 Å². The summed E-state index contributed by atoms with van der Waals surface area (Å²) in [4.78, 5) is 0. The summed E-state index contributed by atoms with van der Waals surface area (Å²) in [6.45, 7) is 12.3. The van der Waals surface area contributed by atoms with Crippen LogP contribution >= 0.6 is 0 Å². The van der Waals surface area contributed by atoms with Crippen LogP contribution < -0.4 is 10.1 Å². The number of rotatable bonds is 6. The van der Waals surface area contributed by atoms with Gasteiger partial charge in [-0.3, -0.25) is 0 Å². The minimum absolute atomic E-state index is 0.201. The topological polar surface area (TPSA) is 30.5 Å². The van der Waals surface area contributed by atoms with E-state index in [4.69, 9.17) is 9.47 Å². The lowest BCUT2D eigenvalue weighted by Gasteiger charge is -2.32. The highest BCUT2D eigenvalue weighted by Crippen LogP contribution is 2.43. The molecule has 1 aliphatic heterocycles. The van der Waals surface area contributed by atoms with Gasteiger partial charge in [0.25, 0.3) is 0 Å². The van der Waals surface area contributed by atoms with E-state index >= 15 is 0 Å². The smallest absolute Gasteiger partial charge is 0.125 e. The van der Waals surface area contributed by atoms with Crippen LogP contribution in [0.1, 0.15) is 46.2 Å².